The molecule has 3 N–H and O–H groups in total. The normalized spacial score (nSPS) is 15.3. The number of likely N-dealkylation sites (N-methyl/N-ethyl adjacent to an activating group) is 1. The molecule has 0 aliphatic heterocycles. The van der Waals surface area contributed by atoms with E-state index in [1.807, 2.05) is 27.2 Å². The molecular weight excluding hydrogens is 780 g/mol. The summed E-state index contributed by atoms with van der Waals surface area (Å²) in [4.78, 5) is 23.1. The molecule has 0 aromatic rings. The molecule has 0 heterocycles. The smallest absolute Gasteiger partial charge is 0.387 e. The Morgan fingerprint density at radius 1 is 0.574 bits per heavy atom. The molecule has 346 valence electrons. The minimum Gasteiger partial charge on any atom is -0.387 e. The summed E-state index contributed by atoms with van der Waals surface area (Å²) in [6, 6.07) is -0.909. The van der Waals surface area contributed by atoms with Crippen molar-refractivity contribution in [3.8, 4) is 0 Å². The summed E-state index contributed by atoms with van der Waals surface area (Å²) < 4.78 is 23.5. The zero-order valence-electron chi connectivity index (χ0n) is 39.1. The van der Waals surface area contributed by atoms with E-state index in [9.17, 15) is 19.4 Å². The maximum absolute atomic E-state index is 12.9. The number of nitrogens with zero attached hydrogens (tertiary/aromatic N) is 1. The second-order valence-electron chi connectivity index (χ2n) is 16.4. The zero-order valence-corrected chi connectivity index (χ0v) is 40.0. The lowest BCUT2D eigenvalue weighted by Crippen LogP contribution is -2.45. The molecule has 9 heteroatoms. The number of aliphatic hydroxyl groups is 1. The van der Waals surface area contributed by atoms with Crippen molar-refractivity contribution in [2.45, 2.75) is 161 Å². The number of phosphoric ester groups is 1. The van der Waals surface area contributed by atoms with E-state index >= 15 is 0 Å². The average Bonchev–Trinajstić information content (AvgIpc) is 3.21. The van der Waals surface area contributed by atoms with Gasteiger partial charge < -0.3 is 19.8 Å². The van der Waals surface area contributed by atoms with Gasteiger partial charge in [0, 0.05) is 6.42 Å². The number of rotatable bonds is 40. The predicted molar refractivity (Wildman–Crippen MR) is 262 cm³/mol. The standard InChI is InChI=1S/C52H87N2O6P/c1-6-8-10-12-14-16-18-20-22-24-25-26-27-28-29-30-32-34-36-38-40-42-44-46-52(56)53-50(49-60-61(57,58)59-48-47-54(3,4)5)51(55)45-43-41-39-37-35-33-31-23-21-19-17-15-13-11-9-7-2/h8,10,14,16,20-23,25-26,28-29,32,34-35,37-38,40,43,45,50-51,55H,6-7,9,11-13,15,17-19,24,27,30-31,33,36,39,41-42,44,46-49H2,1-5H3,(H-,53,56,57,58)/p+1/b10-8-,16-14-,22-20-,23-21+,26-25-,29-28-,34-32-,37-35+,40-38-,45-43+. The van der Waals surface area contributed by atoms with Gasteiger partial charge >= 0.3 is 7.82 Å². The monoisotopic (exact) mass is 868 g/mol. The Morgan fingerprint density at radius 2 is 1.00 bits per heavy atom. The fraction of sp³-hybridized carbons (Fsp3) is 0.596. The highest BCUT2D eigenvalue weighted by Crippen LogP contribution is 2.43. The number of allylic oxidation sites excluding steroid dienone is 19. The van der Waals surface area contributed by atoms with Crippen molar-refractivity contribution in [3.63, 3.8) is 0 Å². The van der Waals surface area contributed by atoms with Gasteiger partial charge in [0.05, 0.1) is 39.9 Å². The highest BCUT2D eigenvalue weighted by Gasteiger charge is 2.27. The lowest BCUT2D eigenvalue weighted by molar-refractivity contribution is -0.870. The van der Waals surface area contributed by atoms with E-state index in [1.54, 1.807) is 6.08 Å². The summed E-state index contributed by atoms with van der Waals surface area (Å²) in [5, 5.41) is 13.8. The van der Waals surface area contributed by atoms with Crippen LogP contribution in [0.2, 0.25) is 0 Å². The number of phosphoric acid groups is 1. The Labute approximate surface area is 374 Å². The van der Waals surface area contributed by atoms with Crippen molar-refractivity contribution in [2.75, 3.05) is 40.9 Å². The summed E-state index contributed by atoms with van der Waals surface area (Å²) in [5.41, 5.74) is 0. The Kier molecular flexibility index (Phi) is 40.1. The number of amides is 1. The Hall–Kier alpha value is -3.10. The third-order valence-corrected chi connectivity index (χ3v) is 10.4. The Bertz CT molecular complexity index is 1400. The van der Waals surface area contributed by atoms with Gasteiger partial charge in [-0.2, -0.15) is 0 Å². The molecule has 0 aliphatic carbocycles. The van der Waals surface area contributed by atoms with Crippen LogP contribution in [0.4, 0.5) is 0 Å². The van der Waals surface area contributed by atoms with Crippen molar-refractivity contribution in [1.82, 2.24) is 5.32 Å². The first-order valence-corrected chi connectivity index (χ1v) is 24.9. The van der Waals surface area contributed by atoms with Gasteiger partial charge in [0.25, 0.3) is 0 Å². The van der Waals surface area contributed by atoms with Gasteiger partial charge in [0.15, 0.2) is 0 Å². The third-order valence-electron chi connectivity index (χ3n) is 9.39. The summed E-state index contributed by atoms with van der Waals surface area (Å²) in [5.74, 6) is -0.255. The highest BCUT2D eigenvalue weighted by molar-refractivity contribution is 7.47. The van der Waals surface area contributed by atoms with Crippen molar-refractivity contribution in [1.29, 1.82) is 0 Å². The minimum atomic E-state index is -4.38. The van der Waals surface area contributed by atoms with Crippen LogP contribution in [0.25, 0.3) is 0 Å². The second kappa shape index (κ2) is 42.2. The number of carbonyl (C=O) groups is 1. The molecule has 0 rings (SSSR count). The van der Waals surface area contributed by atoms with Gasteiger partial charge in [-0.25, -0.2) is 4.57 Å². The largest absolute Gasteiger partial charge is 0.472 e. The lowest BCUT2D eigenvalue weighted by atomic mass is 10.1. The van der Waals surface area contributed by atoms with Gasteiger partial charge in [0.1, 0.15) is 13.2 Å². The molecule has 0 bridgehead atoms. The topological polar surface area (TPSA) is 105 Å². The summed E-state index contributed by atoms with van der Waals surface area (Å²) >= 11 is 0. The first-order chi connectivity index (χ1) is 29.5. The van der Waals surface area contributed by atoms with Gasteiger partial charge in [-0.15, -0.1) is 0 Å². The summed E-state index contributed by atoms with van der Waals surface area (Å²) in [6.45, 7) is 4.58. The van der Waals surface area contributed by atoms with Gasteiger partial charge in [-0.1, -0.05) is 167 Å². The lowest BCUT2D eigenvalue weighted by Gasteiger charge is -2.25. The molecular formula is C52H88N2O6P+. The number of nitrogens with one attached hydrogen (secondary N) is 1. The Morgan fingerprint density at radius 3 is 1.51 bits per heavy atom. The second-order valence-corrected chi connectivity index (χ2v) is 17.8. The van der Waals surface area contributed by atoms with Crippen molar-refractivity contribution in [3.05, 3.63) is 122 Å². The van der Waals surface area contributed by atoms with Crippen LogP contribution >= 0.6 is 7.82 Å². The van der Waals surface area contributed by atoms with Gasteiger partial charge in [-0.3, -0.25) is 13.8 Å². The SMILES string of the molecule is CC/C=C\C/C=C\C/C=C\C/C=C\C/C=C\C/C=C\C/C=C\CCCC(=O)NC(COP(=O)(O)OCC[N+](C)(C)C)C(O)/C=C/CC/C=C/CC/C=C/CCCCCCCC. The van der Waals surface area contributed by atoms with E-state index in [4.69, 9.17) is 9.05 Å². The van der Waals surface area contributed by atoms with E-state index in [1.165, 1.54) is 44.9 Å². The predicted octanol–water partition coefficient (Wildman–Crippen LogP) is 13.5. The van der Waals surface area contributed by atoms with E-state index in [0.717, 1.165) is 77.0 Å². The Balaban J connectivity index is 4.60. The molecule has 0 saturated heterocycles. The molecule has 0 spiro atoms. The minimum absolute atomic E-state index is 0.0351. The van der Waals surface area contributed by atoms with E-state index < -0.39 is 20.0 Å². The molecule has 0 aromatic heterocycles. The fourth-order valence-electron chi connectivity index (χ4n) is 5.71. The van der Waals surface area contributed by atoms with Crippen LogP contribution in [-0.4, -0.2) is 73.4 Å². The molecule has 0 radical (unpaired) electrons. The summed E-state index contributed by atoms with van der Waals surface area (Å²) in [7, 11) is 1.48. The number of carbonyl (C=O) groups excluding carboxylic acids is 1. The number of aliphatic hydroxyl groups excluding tert-OH is 1. The number of hydrogen-bond acceptors (Lipinski definition) is 5. The maximum atomic E-state index is 12.9. The van der Waals surface area contributed by atoms with Crippen LogP contribution < -0.4 is 5.32 Å². The van der Waals surface area contributed by atoms with Gasteiger partial charge in [-0.05, 0) is 96.3 Å². The van der Waals surface area contributed by atoms with Gasteiger partial charge in [0.2, 0.25) is 5.91 Å². The van der Waals surface area contributed by atoms with Crippen LogP contribution in [0, 0.1) is 0 Å². The molecule has 61 heavy (non-hydrogen) atoms. The number of quaternary nitrogens is 1. The van der Waals surface area contributed by atoms with Crippen LogP contribution in [0.15, 0.2) is 122 Å². The highest BCUT2D eigenvalue weighted by atomic mass is 31.2. The molecule has 0 fully saturated rings. The molecule has 0 aromatic carbocycles. The maximum Gasteiger partial charge on any atom is 0.472 e. The first-order valence-electron chi connectivity index (χ1n) is 23.4. The van der Waals surface area contributed by atoms with E-state index in [2.05, 4.69) is 129 Å². The van der Waals surface area contributed by atoms with Crippen LogP contribution in [-0.2, 0) is 18.4 Å². The first kappa shape index (κ1) is 57.9. The van der Waals surface area contributed by atoms with E-state index in [-0.39, 0.29) is 25.5 Å². The quantitative estimate of drug-likeness (QED) is 0.0245. The number of hydrogen-bond donors (Lipinski definition) is 3. The number of unbranched alkanes of at least 4 members (excludes halogenated alkanes) is 9. The molecule has 0 aliphatic rings. The van der Waals surface area contributed by atoms with Crippen molar-refractivity contribution in [2.24, 2.45) is 0 Å². The van der Waals surface area contributed by atoms with Crippen molar-refractivity contribution < 1.29 is 32.9 Å². The summed E-state index contributed by atoms with van der Waals surface area (Å²) in [6.07, 6.45) is 62.8. The molecule has 3 atom stereocenters. The molecule has 0 saturated carbocycles. The van der Waals surface area contributed by atoms with Crippen LogP contribution in [0.1, 0.15) is 149 Å². The zero-order chi connectivity index (χ0) is 45.0. The van der Waals surface area contributed by atoms with E-state index in [0.29, 0.717) is 17.4 Å². The molecule has 3 unspecified atom stereocenters. The van der Waals surface area contributed by atoms with Crippen molar-refractivity contribution >= 4 is 13.7 Å². The molecule has 1 amide bonds. The average molecular weight is 868 g/mol. The third kappa shape index (κ3) is 44.8. The van der Waals surface area contributed by atoms with Crippen LogP contribution in [0.5, 0.6) is 0 Å². The van der Waals surface area contributed by atoms with Crippen LogP contribution in [0.3, 0.4) is 0 Å². The molecule has 8 nitrogen and oxygen atoms in total. The fourth-order valence-corrected chi connectivity index (χ4v) is 6.44.